The van der Waals surface area contributed by atoms with Crippen LogP contribution in [0.25, 0.3) is 0 Å². The van der Waals surface area contributed by atoms with Crippen LogP contribution in [0.2, 0.25) is 0 Å². The van der Waals surface area contributed by atoms with Gasteiger partial charge in [-0.25, -0.2) is 0 Å². The van der Waals surface area contributed by atoms with E-state index in [1.807, 2.05) is 20.8 Å². The van der Waals surface area contributed by atoms with Gasteiger partial charge in [-0.1, -0.05) is 85.1 Å². The maximum Gasteiger partial charge on any atom is 0.306 e. The first-order valence-corrected chi connectivity index (χ1v) is 15.7. The minimum atomic E-state index is -2.30. The Balaban J connectivity index is 1.32. The molecule has 1 aliphatic heterocycles. The van der Waals surface area contributed by atoms with Crippen molar-refractivity contribution >= 4 is 11.8 Å². The number of carbonyl (C=O) groups excluding carboxylic acids is 2. The van der Waals surface area contributed by atoms with Gasteiger partial charge in [-0.15, -0.1) is 0 Å². The highest BCUT2D eigenvalue weighted by molar-refractivity contribution is 6.05. The Kier molecular flexibility index (Phi) is 7.65. The maximum atomic E-state index is 13.2. The molecule has 8 nitrogen and oxygen atoms in total. The van der Waals surface area contributed by atoms with E-state index in [0.29, 0.717) is 12.8 Å². The number of rotatable bonds is 12. The Morgan fingerprint density at radius 2 is 1.68 bits per heavy atom. The van der Waals surface area contributed by atoms with Gasteiger partial charge in [0.2, 0.25) is 0 Å². The lowest BCUT2D eigenvalue weighted by molar-refractivity contribution is -0.215. The van der Waals surface area contributed by atoms with Gasteiger partial charge >= 0.3 is 5.97 Å². The number of carbonyl (C=O) groups is 2. The van der Waals surface area contributed by atoms with Gasteiger partial charge in [0.1, 0.15) is 17.3 Å². The van der Waals surface area contributed by atoms with E-state index in [9.17, 15) is 30.0 Å². The van der Waals surface area contributed by atoms with E-state index in [2.05, 4.69) is 6.92 Å². The predicted molar refractivity (Wildman–Crippen MR) is 148 cm³/mol. The van der Waals surface area contributed by atoms with E-state index < -0.39 is 70.2 Å². The molecule has 4 N–H and O–H groups in total. The van der Waals surface area contributed by atoms with Gasteiger partial charge in [0.15, 0.2) is 11.4 Å². The van der Waals surface area contributed by atoms with Gasteiger partial charge in [-0.05, 0) is 31.3 Å². The maximum absolute atomic E-state index is 13.2. The summed E-state index contributed by atoms with van der Waals surface area (Å²) in [6.07, 6.45) is 10.3. The van der Waals surface area contributed by atoms with Crippen LogP contribution in [0.4, 0.5) is 0 Å². The molecule has 5 aliphatic rings. The molecule has 0 spiro atoms. The zero-order chi connectivity index (χ0) is 29.3. The lowest BCUT2D eigenvalue weighted by Gasteiger charge is -2.51. The highest BCUT2D eigenvalue weighted by Gasteiger charge is 2.90. The summed E-state index contributed by atoms with van der Waals surface area (Å²) >= 11 is 0. The van der Waals surface area contributed by atoms with Crippen LogP contribution in [-0.4, -0.2) is 73.4 Å². The van der Waals surface area contributed by atoms with E-state index in [4.69, 9.17) is 9.47 Å². The first kappa shape index (κ1) is 30.1. The summed E-state index contributed by atoms with van der Waals surface area (Å²) in [5, 5.41) is 46.1. The van der Waals surface area contributed by atoms with Gasteiger partial charge in [0.25, 0.3) is 0 Å². The number of epoxide rings is 1. The topological polar surface area (TPSA) is 137 Å². The van der Waals surface area contributed by atoms with Crippen molar-refractivity contribution in [2.75, 3.05) is 6.61 Å². The fourth-order valence-corrected chi connectivity index (χ4v) is 9.28. The van der Waals surface area contributed by atoms with Crippen LogP contribution in [0.5, 0.6) is 0 Å². The molecule has 40 heavy (non-hydrogen) atoms. The molecule has 8 heteroatoms. The third-order valence-electron chi connectivity index (χ3n) is 11.7. The van der Waals surface area contributed by atoms with Gasteiger partial charge in [-0.2, -0.15) is 0 Å². The van der Waals surface area contributed by atoms with Crippen molar-refractivity contribution in [1.82, 2.24) is 0 Å². The molecule has 1 heterocycles. The SMILES string of the molecule is CCCCCCCCCCCC(=O)OC12CC(C)C3(O)C(C4OC4(CO)C(O)C4(O)C(=O)C(C)=CC43)C1C2(C)C. The lowest BCUT2D eigenvalue weighted by atomic mass is 9.59. The van der Waals surface area contributed by atoms with Crippen LogP contribution in [-0.2, 0) is 19.1 Å². The van der Waals surface area contributed by atoms with E-state index in [-0.39, 0.29) is 17.5 Å². The number of fused-ring (bicyclic) bond motifs is 7. The van der Waals surface area contributed by atoms with E-state index in [1.54, 1.807) is 13.0 Å². The molecule has 0 bridgehead atoms. The average molecular weight is 563 g/mol. The Morgan fingerprint density at radius 3 is 2.27 bits per heavy atom. The van der Waals surface area contributed by atoms with Crippen LogP contribution in [0.15, 0.2) is 11.6 Å². The summed E-state index contributed by atoms with van der Waals surface area (Å²) in [6.45, 7) is 9.11. The van der Waals surface area contributed by atoms with E-state index in [1.165, 1.54) is 38.5 Å². The summed E-state index contributed by atoms with van der Waals surface area (Å²) in [7, 11) is 0. The number of ether oxygens (including phenoxy) is 2. The molecule has 5 rings (SSSR count). The molecule has 10 atom stereocenters. The summed E-state index contributed by atoms with van der Waals surface area (Å²) in [4.78, 5) is 26.4. The predicted octanol–water partition coefficient (Wildman–Crippen LogP) is 3.61. The van der Waals surface area contributed by atoms with Gasteiger partial charge in [0, 0.05) is 29.6 Å². The van der Waals surface area contributed by atoms with E-state index >= 15 is 0 Å². The highest BCUT2D eigenvalue weighted by Crippen LogP contribution is 2.79. The Labute approximate surface area is 238 Å². The van der Waals surface area contributed by atoms with Crippen LogP contribution in [0.3, 0.4) is 0 Å². The fourth-order valence-electron chi connectivity index (χ4n) is 9.28. The summed E-state index contributed by atoms with van der Waals surface area (Å²) in [6, 6.07) is 0. The number of aliphatic hydroxyl groups excluding tert-OH is 2. The molecule has 0 aromatic carbocycles. The van der Waals surface area contributed by atoms with Crippen LogP contribution >= 0.6 is 0 Å². The summed E-state index contributed by atoms with van der Waals surface area (Å²) in [5.74, 6) is -3.39. The van der Waals surface area contributed by atoms with Crippen LogP contribution in [0.1, 0.15) is 105 Å². The van der Waals surface area contributed by atoms with Crippen molar-refractivity contribution in [3.8, 4) is 0 Å². The summed E-state index contributed by atoms with van der Waals surface area (Å²) < 4.78 is 12.3. The quantitative estimate of drug-likeness (QED) is 0.161. The van der Waals surface area contributed by atoms with Gasteiger partial charge in [0.05, 0.1) is 18.3 Å². The third kappa shape index (κ3) is 3.95. The summed E-state index contributed by atoms with van der Waals surface area (Å²) in [5.41, 5.74) is -6.50. The molecule has 1 saturated heterocycles. The van der Waals surface area contributed by atoms with Crippen molar-refractivity contribution in [2.45, 2.75) is 140 Å². The minimum absolute atomic E-state index is 0.238. The second-order valence-electron chi connectivity index (χ2n) is 14.2. The number of Topliss-reactive ketones (excluding diaryl/α,β-unsaturated/α-hetero) is 1. The Bertz CT molecular complexity index is 1050. The zero-order valence-corrected chi connectivity index (χ0v) is 24.9. The molecular weight excluding hydrogens is 512 g/mol. The molecule has 0 amide bonds. The Hall–Kier alpha value is -1.32. The molecule has 10 unspecified atom stereocenters. The number of hydrogen-bond acceptors (Lipinski definition) is 8. The normalized spacial score (nSPS) is 45.9. The number of unbranched alkanes of at least 4 members (excludes halogenated alkanes) is 8. The minimum Gasteiger partial charge on any atom is -0.458 e. The van der Waals surface area contributed by atoms with Crippen molar-refractivity contribution in [3.63, 3.8) is 0 Å². The standard InChI is InChI=1S/C32H50O8/c1-6-7-8-9-10-11-12-13-14-15-22(34)39-30-17-20(3)31(37)21-16-19(2)25(35)32(21,38)27(36)29(18-33)26(40-29)23(31)24(30)28(30,4)5/h16,20-21,23-24,26-27,33,36-38H,6-15,17-18H2,1-5H3. The average Bonchev–Trinajstić information content (AvgIpc) is 3.73. The van der Waals surface area contributed by atoms with Crippen molar-refractivity contribution in [1.29, 1.82) is 0 Å². The fraction of sp³-hybridized carbons (Fsp3) is 0.875. The first-order valence-electron chi connectivity index (χ1n) is 15.7. The molecule has 226 valence electrons. The largest absolute Gasteiger partial charge is 0.458 e. The van der Waals surface area contributed by atoms with Crippen LogP contribution < -0.4 is 0 Å². The van der Waals surface area contributed by atoms with Crippen molar-refractivity contribution in [3.05, 3.63) is 11.6 Å². The molecule has 3 saturated carbocycles. The first-order chi connectivity index (χ1) is 18.8. The number of aliphatic hydroxyl groups is 4. The number of esters is 1. The highest BCUT2D eigenvalue weighted by atomic mass is 16.6. The number of ketones is 1. The second-order valence-corrected chi connectivity index (χ2v) is 14.2. The molecule has 0 aromatic heterocycles. The van der Waals surface area contributed by atoms with E-state index in [0.717, 1.165) is 19.3 Å². The smallest absolute Gasteiger partial charge is 0.306 e. The molecular formula is C32H50O8. The Morgan fingerprint density at radius 1 is 1.07 bits per heavy atom. The van der Waals surface area contributed by atoms with Gasteiger partial charge < -0.3 is 29.9 Å². The van der Waals surface area contributed by atoms with Crippen molar-refractivity contribution < 1.29 is 39.5 Å². The molecule has 4 fully saturated rings. The lowest BCUT2D eigenvalue weighted by Crippen LogP contribution is -2.65. The van der Waals surface area contributed by atoms with Crippen molar-refractivity contribution in [2.24, 2.45) is 29.1 Å². The van der Waals surface area contributed by atoms with Gasteiger partial charge in [-0.3, -0.25) is 9.59 Å². The molecule has 0 aromatic rings. The zero-order valence-electron chi connectivity index (χ0n) is 24.9. The second kappa shape index (κ2) is 10.1. The monoisotopic (exact) mass is 562 g/mol. The number of hydrogen-bond donors (Lipinski definition) is 4. The third-order valence-corrected chi connectivity index (χ3v) is 11.7. The van der Waals surface area contributed by atoms with Crippen LogP contribution in [0, 0.1) is 29.1 Å². The molecule has 0 radical (unpaired) electrons. The molecule has 4 aliphatic carbocycles.